The summed E-state index contributed by atoms with van der Waals surface area (Å²) in [6, 6.07) is 10.5. The van der Waals surface area contributed by atoms with Gasteiger partial charge in [-0.05, 0) is 18.4 Å². The molecule has 0 atom stereocenters. The predicted molar refractivity (Wildman–Crippen MR) is 68.6 cm³/mol. The Bertz CT molecular complexity index is 269. The lowest BCUT2D eigenvalue weighted by Crippen LogP contribution is -1.96. The van der Waals surface area contributed by atoms with Crippen molar-refractivity contribution in [2.75, 3.05) is 19.0 Å². The SMILES string of the molecule is SCC=CCOCCCc1ccccc1. The van der Waals surface area contributed by atoms with Gasteiger partial charge in [0.05, 0.1) is 6.61 Å². The summed E-state index contributed by atoms with van der Waals surface area (Å²) >= 11 is 4.07. The molecule has 1 aromatic carbocycles. The van der Waals surface area contributed by atoms with E-state index in [9.17, 15) is 0 Å². The predicted octanol–water partition coefficient (Wildman–Crippen LogP) is 3.12. The lowest BCUT2D eigenvalue weighted by molar-refractivity contribution is 0.159. The molecule has 0 N–H and O–H groups in total. The number of aryl methyl sites for hydroxylation is 1. The van der Waals surface area contributed by atoms with E-state index in [1.807, 2.05) is 18.2 Å². The van der Waals surface area contributed by atoms with Crippen LogP contribution in [-0.4, -0.2) is 19.0 Å². The van der Waals surface area contributed by atoms with Crippen molar-refractivity contribution < 1.29 is 4.74 Å². The molecule has 15 heavy (non-hydrogen) atoms. The van der Waals surface area contributed by atoms with E-state index in [1.165, 1.54) is 5.56 Å². The van der Waals surface area contributed by atoms with Crippen molar-refractivity contribution in [1.29, 1.82) is 0 Å². The number of hydrogen-bond donors (Lipinski definition) is 1. The highest BCUT2D eigenvalue weighted by Crippen LogP contribution is 2.02. The first-order valence-corrected chi connectivity index (χ1v) is 5.94. The minimum absolute atomic E-state index is 0.704. The molecule has 0 bridgehead atoms. The minimum atomic E-state index is 0.704. The first kappa shape index (κ1) is 12.3. The molecule has 0 aliphatic rings. The van der Waals surface area contributed by atoms with E-state index in [-0.39, 0.29) is 0 Å². The number of ether oxygens (including phenoxy) is 1. The van der Waals surface area contributed by atoms with Crippen molar-refractivity contribution in [2.45, 2.75) is 12.8 Å². The second kappa shape index (κ2) is 8.57. The molecule has 0 heterocycles. The van der Waals surface area contributed by atoms with Gasteiger partial charge < -0.3 is 4.74 Å². The van der Waals surface area contributed by atoms with Crippen molar-refractivity contribution in [3.63, 3.8) is 0 Å². The van der Waals surface area contributed by atoms with E-state index in [2.05, 4.69) is 36.9 Å². The van der Waals surface area contributed by atoms with Crippen LogP contribution in [0.5, 0.6) is 0 Å². The van der Waals surface area contributed by atoms with Gasteiger partial charge in [-0.1, -0.05) is 42.5 Å². The van der Waals surface area contributed by atoms with Crippen LogP contribution in [0.2, 0.25) is 0 Å². The molecule has 0 aromatic heterocycles. The molecule has 0 amide bonds. The summed E-state index contributed by atoms with van der Waals surface area (Å²) in [4.78, 5) is 0. The van der Waals surface area contributed by atoms with Crippen LogP contribution in [0.3, 0.4) is 0 Å². The van der Waals surface area contributed by atoms with Crippen LogP contribution in [-0.2, 0) is 11.2 Å². The van der Waals surface area contributed by atoms with Crippen LogP contribution >= 0.6 is 12.6 Å². The Hall–Kier alpha value is -0.730. The highest BCUT2D eigenvalue weighted by atomic mass is 32.1. The molecule has 82 valence electrons. The summed E-state index contributed by atoms with van der Waals surface area (Å²) in [6.07, 6.45) is 6.19. The Morgan fingerprint density at radius 3 is 2.67 bits per heavy atom. The normalized spacial score (nSPS) is 11.0. The average molecular weight is 222 g/mol. The maximum atomic E-state index is 5.44. The molecule has 1 aromatic rings. The van der Waals surface area contributed by atoms with Crippen molar-refractivity contribution in [2.24, 2.45) is 0 Å². The molecule has 0 aliphatic carbocycles. The number of rotatable bonds is 7. The zero-order valence-corrected chi connectivity index (χ0v) is 9.83. The summed E-state index contributed by atoms with van der Waals surface area (Å²) in [5, 5.41) is 0. The van der Waals surface area contributed by atoms with Gasteiger partial charge in [-0.3, -0.25) is 0 Å². The van der Waals surface area contributed by atoms with Crippen LogP contribution in [0.1, 0.15) is 12.0 Å². The van der Waals surface area contributed by atoms with Crippen molar-refractivity contribution in [1.82, 2.24) is 0 Å². The van der Waals surface area contributed by atoms with Crippen LogP contribution in [0, 0.1) is 0 Å². The van der Waals surface area contributed by atoms with Gasteiger partial charge in [0, 0.05) is 12.4 Å². The largest absolute Gasteiger partial charge is 0.377 e. The molecule has 0 saturated carbocycles. The van der Waals surface area contributed by atoms with Gasteiger partial charge in [-0.2, -0.15) is 12.6 Å². The smallest absolute Gasteiger partial charge is 0.0647 e. The van der Waals surface area contributed by atoms with Crippen molar-refractivity contribution in [3.05, 3.63) is 48.0 Å². The molecule has 1 nitrogen and oxygen atoms in total. The van der Waals surface area contributed by atoms with E-state index in [4.69, 9.17) is 4.74 Å². The van der Waals surface area contributed by atoms with Crippen molar-refractivity contribution >= 4 is 12.6 Å². The number of thiol groups is 1. The molecule has 0 saturated heterocycles. The fraction of sp³-hybridized carbons (Fsp3) is 0.385. The fourth-order valence-electron chi connectivity index (χ4n) is 1.32. The zero-order chi connectivity index (χ0) is 10.8. The van der Waals surface area contributed by atoms with Crippen LogP contribution in [0.4, 0.5) is 0 Å². The van der Waals surface area contributed by atoms with E-state index < -0.39 is 0 Å². The average Bonchev–Trinajstić information content (AvgIpc) is 2.29. The lowest BCUT2D eigenvalue weighted by atomic mass is 10.1. The maximum Gasteiger partial charge on any atom is 0.0647 e. The second-order valence-electron chi connectivity index (χ2n) is 3.32. The molecule has 0 radical (unpaired) electrons. The second-order valence-corrected chi connectivity index (χ2v) is 3.68. The van der Waals surface area contributed by atoms with Gasteiger partial charge in [0.15, 0.2) is 0 Å². The Morgan fingerprint density at radius 2 is 1.93 bits per heavy atom. The van der Waals surface area contributed by atoms with Crippen molar-refractivity contribution in [3.8, 4) is 0 Å². The lowest BCUT2D eigenvalue weighted by Gasteiger charge is -2.01. The molecule has 0 aliphatic heterocycles. The topological polar surface area (TPSA) is 9.23 Å². The van der Waals surface area contributed by atoms with Gasteiger partial charge in [-0.25, -0.2) is 0 Å². The Balaban J connectivity index is 2.00. The quantitative estimate of drug-likeness (QED) is 0.424. The van der Waals surface area contributed by atoms with Gasteiger partial charge in [0.1, 0.15) is 0 Å². The summed E-state index contributed by atoms with van der Waals surface area (Å²) in [6.45, 7) is 1.53. The molecule has 1 rings (SSSR count). The van der Waals surface area contributed by atoms with Gasteiger partial charge in [0.2, 0.25) is 0 Å². The van der Waals surface area contributed by atoms with Gasteiger partial charge in [-0.15, -0.1) is 0 Å². The van der Waals surface area contributed by atoms with Crippen LogP contribution < -0.4 is 0 Å². The zero-order valence-electron chi connectivity index (χ0n) is 8.93. The monoisotopic (exact) mass is 222 g/mol. The summed E-state index contributed by atoms with van der Waals surface area (Å²) in [7, 11) is 0. The first-order valence-electron chi connectivity index (χ1n) is 5.31. The van der Waals surface area contributed by atoms with Crippen LogP contribution in [0.15, 0.2) is 42.5 Å². The van der Waals surface area contributed by atoms with E-state index in [0.717, 1.165) is 25.2 Å². The molecule has 0 fully saturated rings. The third kappa shape index (κ3) is 6.37. The van der Waals surface area contributed by atoms with Gasteiger partial charge in [0.25, 0.3) is 0 Å². The standard InChI is InChI=1S/C13H18OS/c15-12-5-4-10-14-11-6-9-13-7-2-1-3-8-13/h1-5,7-8,15H,6,9-12H2. The first-order chi connectivity index (χ1) is 7.43. The Morgan fingerprint density at radius 1 is 1.13 bits per heavy atom. The van der Waals surface area contributed by atoms with Crippen LogP contribution in [0.25, 0.3) is 0 Å². The minimum Gasteiger partial charge on any atom is -0.377 e. The maximum absolute atomic E-state index is 5.44. The number of hydrogen-bond acceptors (Lipinski definition) is 2. The molecule has 0 spiro atoms. The number of benzene rings is 1. The highest BCUT2D eigenvalue weighted by molar-refractivity contribution is 7.80. The highest BCUT2D eigenvalue weighted by Gasteiger charge is 1.91. The molecular formula is C13H18OS. The molecule has 0 unspecified atom stereocenters. The van der Waals surface area contributed by atoms with E-state index in [1.54, 1.807) is 0 Å². The van der Waals surface area contributed by atoms with Gasteiger partial charge >= 0.3 is 0 Å². The Labute approximate surface area is 97.6 Å². The van der Waals surface area contributed by atoms with E-state index >= 15 is 0 Å². The summed E-state index contributed by atoms with van der Waals surface area (Å²) in [5.41, 5.74) is 1.38. The third-order valence-electron chi connectivity index (χ3n) is 2.08. The molecule has 2 heteroatoms. The summed E-state index contributed by atoms with van der Waals surface area (Å²) in [5.74, 6) is 0.785. The summed E-state index contributed by atoms with van der Waals surface area (Å²) < 4.78 is 5.44. The fourth-order valence-corrected chi connectivity index (χ4v) is 1.47. The third-order valence-corrected chi connectivity index (χ3v) is 2.29. The Kier molecular flexibility index (Phi) is 7.05. The molecular weight excluding hydrogens is 204 g/mol. The van der Waals surface area contributed by atoms with E-state index in [0.29, 0.717) is 6.61 Å².